The summed E-state index contributed by atoms with van der Waals surface area (Å²) in [5.41, 5.74) is 7.80. The first-order valence-corrected chi connectivity index (χ1v) is 17.5. The zero-order valence-corrected chi connectivity index (χ0v) is 30.1. The first-order valence-electron chi connectivity index (χ1n) is 17.5. The van der Waals surface area contributed by atoms with Crippen molar-refractivity contribution >= 4 is 40.5 Å². The van der Waals surface area contributed by atoms with Gasteiger partial charge in [-0.25, -0.2) is 15.0 Å². The largest absolute Gasteiger partial charge is 0.497 e. The molecule has 6 rings (SSSR count). The fraction of sp³-hybridized carbons (Fsp3) is 0.325. The summed E-state index contributed by atoms with van der Waals surface area (Å²) in [4.78, 5) is 63.0. The molecule has 0 aliphatic carbocycles. The van der Waals surface area contributed by atoms with Crippen molar-refractivity contribution in [3.8, 4) is 5.75 Å². The average Bonchev–Trinajstić information content (AvgIpc) is 3.76. The minimum atomic E-state index is -1.27. The smallest absolute Gasteiger partial charge is 0.306 e. The third-order valence-electron chi connectivity index (χ3n) is 9.17. The van der Waals surface area contributed by atoms with Gasteiger partial charge in [-0.2, -0.15) is 0 Å². The molecule has 54 heavy (non-hydrogen) atoms. The number of esters is 2. The lowest BCUT2D eigenvalue weighted by Crippen LogP contribution is -2.43. The molecule has 0 amide bonds. The second-order valence-electron chi connectivity index (χ2n) is 12.9. The van der Waals surface area contributed by atoms with Crippen LogP contribution in [0.2, 0.25) is 0 Å². The molecule has 1 fully saturated rings. The predicted octanol–water partition coefficient (Wildman–Crippen LogP) is 4.89. The summed E-state index contributed by atoms with van der Waals surface area (Å²) in [5, 5.41) is 0. The zero-order chi connectivity index (χ0) is 38.2. The van der Waals surface area contributed by atoms with Crippen molar-refractivity contribution in [2.75, 3.05) is 19.5 Å². The molecule has 0 unspecified atom stereocenters. The molecule has 2 aromatic heterocycles. The highest BCUT2D eigenvalue weighted by Gasteiger charge is 2.52. The van der Waals surface area contributed by atoms with E-state index in [2.05, 4.69) is 15.0 Å². The van der Waals surface area contributed by atoms with Gasteiger partial charge in [-0.3, -0.25) is 14.2 Å². The standard InChI is InChI=1S/C40H41N5O9/c1-25(46)14-20-32(48)53-35-31(52-39(36(35)54-33(49)21-15-26(2)47)45-24-44-34-37(41)42-23-43-38(34)45)22-51-40(27-10-6-4-7-11-27,28-12-8-5-9-13-28)29-16-18-30(50-3)19-17-29/h4-13,16-19,23-24,31,35-36,39H,14-15,20-22H2,1-3H3,(H2,41,42,43)/t31-,35-,36-,39-/m1/s1. The van der Waals surface area contributed by atoms with E-state index >= 15 is 0 Å². The number of hydrogen-bond donors (Lipinski definition) is 1. The molecular formula is C40H41N5O9. The number of carbonyl (C=O) groups excluding carboxylic acids is 4. The van der Waals surface area contributed by atoms with E-state index in [4.69, 9.17) is 29.4 Å². The molecule has 5 aromatic rings. The third-order valence-corrected chi connectivity index (χ3v) is 9.17. The summed E-state index contributed by atoms with van der Waals surface area (Å²) >= 11 is 0. The minimum Gasteiger partial charge on any atom is -0.497 e. The lowest BCUT2D eigenvalue weighted by atomic mass is 9.80. The highest BCUT2D eigenvalue weighted by Crippen LogP contribution is 2.43. The molecule has 3 aromatic carbocycles. The Morgan fingerprint density at radius 1 is 0.741 bits per heavy atom. The number of benzene rings is 3. The van der Waals surface area contributed by atoms with Gasteiger partial charge < -0.3 is 39.0 Å². The molecular weight excluding hydrogens is 694 g/mol. The van der Waals surface area contributed by atoms with Gasteiger partial charge in [-0.1, -0.05) is 72.8 Å². The fourth-order valence-electron chi connectivity index (χ4n) is 6.50. The number of Topliss-reactive ketones (excluding diaryl/α,β-unsaturated/α-hetero) is 2. The van der Waals surface area contributed by atoms with Crippen LogP contribution in [0.3, 0.4) is 0 Å². The SMILES string of the molecule is COc1ccc(C(OC[C@H]2O[C@@H](n3cnc4c(N)ncnc43)[C@H](OC(=O)CCC(C)=O)[C@@H]2OC(=O)CCC(C)=O)(c2ccccc2)c2ccccc2)cc1. The number of nitrogens with zero attached hydrogens (tertiary/aromatic N) is 4. The van der Waals surface area contributed by atoms with E-state index in [-0.39, 0.29) is 60.8 Å². The number of ketones is 2. The Morgan fingerprint density at radius 2 is 1.30 bits per heavy atom. The van der Waals surface area contributed by atoms with E-state index in [1.54, 1.807) is 7.11 Å². The highest BCUT2D eigenvalue weighted by atomic mass is 16.7. The van der Waals surface area contributed by atoms with Crippen LogP contribution < -0.4 is 10.5 Å². The maximum atomic E-state index is 13.3. The molecule has 14 heteroatoms. The first kappa shape index (κ1) is 37.8. The summed E-state index contributed by atoms with van der Waals surface area (Å²) in [6.45, 7) is 2.56. The lowest BCUT2D eigenvalue weighted by Gasteiger charge is -2.37. The number of hydrogen-bond acceptors (Lipinski definition) is 13. The van der Waals surface area contributed by atoms with Gasteiger partial charge in [0.05, 0.1) is 32.9 Å². The maximum Gasteiger partial charge on any atom is 0.306 e. The van der Waals surface area contributed by atoms with Gasteiger partial charge >= 0.3 is 11.9 Å². The van der Waals surface area contributed by atoms with Gasteiger partial charge in [0.2, 0.25) is 0 Å². The van der Waals surface area contributed by atoms with Crippen LogP contribution in [0.15, 0.2) is 97.6 Å². The van der Waals surface area contributed by atoms with E-state index in [0.717, 1.165) is 16.7 Å². The number of ether oxygens (including phenoxy) is 5. The summed E-state index contributed by atoms with van der Waals surface area (Å²) in [5.74, 6) is -1.04. The molecule has 0 radical (unpaired) electrons. The van der Waals surface area contributed by atoms with Crippen LogP contribution in [0.5, 0.6) is 5.75 Å². The number of rotatable bonds is 16. The van der Waals surface area contributed by atoms with E-state index in [1.165, 1.54) is 31.1 Å². The number of nitrogen functional groups attached to an aromatic ring is 1. The summed E-state index contributed by atoms with van der Waals surface area (Å²) in [6.07, 6.45) is -2.55. The van der Waals surface area contributed by atoms with Crippen LogP contribution in [0.25, 0.3) is 11.2 Å². The Kier molecular flexibility index (Phi) is 11.7. The van der Waals surface area contributed by atoms with Crippen molar-refractivity contribution in [2.24, 2.45) is 0 Å². The molecule has 0 bridgehead atoms. The van der Waals surface area contributed by atoms with E-state index in [0.29, 0.717) is 5.75 Å². The predicted molar refractivity (Wildman–Crippen MR) is 195 cm³/mol. The molecule has 0 saturated carbocycles. The highest BCUT2D eigenvalue weighted by molar-refractivity contribution is 5.82. The van der Waals surface area contributed by atoms with E-state index in [9.17, 15) is 19.2 Å². The van der Waals surface area contributed by atoms with Gasteiger partial charge in [0, 0.05) is 12.8 Å². The Labute approximate surface area is 311 Å². The number of fused-ring (bicyclic) bond motifs is 1. The topological polar surface area (TPSA) is 184 Å². The second kappa shape index (κ2) is 16.8. The number of aromatic nitrogens is 4. The van der Waals surface area contributed by atoms with Crippen molar-refractivity contribution in [1.29, 1.82) is 0 Å². The van der Waals surface area contributed by atoms with Crippen LogP contribution in [0, 0.1) is 0 Å². The van der Waals surface area contributed by atoms with Crippen LogP contribution in [0.4, 0.5) is 5.82 Å². The van der Waals surface area contributed by atoms with Crippen molar-refractivity contribution in [3.63, 3.8) is 0 Å². The molecule has 3 heterocycles. The van der Waals surface area contributed by atoms with Gasteiger partial charge in [0.15, 0.2) is 29.9 Å². The van der Waals surface area contributed by atoms with E-state index in [1.807, 2.05) is 84.9 Å². The molecule has 1 aliphatic rings. The molecule has 2 N–H and O–H groups in total. The molecule has 0 spiro atoms. The number of methoxy groups -OCH3 is 1. The maximum absolute atomic E-state index is 13.3. The van der Waals surface area contributed by atoms with E-state index < -0.39 is 42.1 Å². The van der Waals surface area contributed by atoms with Crippen LogP contribution >= 0.6 is 0 Å². The summed E-state index contributed by atoms with van der Waals surface area (Å²) in [6, 6.07) is 26.8. The summed E-state index contributed by atoms with van der Waals surface area (Å²) < 4.78 is 32.8. The van der Waals surface area contributed by atoms with Crippen molar-refractivity contribution in [2.45, 2.75) is 69.7 Å². The number of anilines is 1. The number of carbonyl (C=O) groups is 4. The molecule has 280 valence electrons. The monoisotopic (exact) mass is 735 g/mol. The second-order valence-corrected chi connectivity index (χ2v) is 12.9. The Morgan fingerprint density at radius 3 is 1.85 bits per heavy atom. The van der Waals surface area contributed by atoms with Crippen LogP contribution in [-0.4, -0.2) is 75.1 Å². The quantitative estimate of drug-likeness (QED) is 0.107. The Balaban J connectivity index is 1.45. The lowest BCUT2D eigenvalue weighted by molar-refractivity contribution is -0.169. The third kappa shape index (κ3) is 8.14. The van der Waals surface area contributed by atoms with Gasteiger partial charge in [-0.05, 0) is 42.7 Å². The first-order chi connectivity index (χ1) is 26.1. The van der Waals surface area contributed by atoms with Crippen molar-refractivity contribution < 1.29 is 42.9 Å². The van der Waals surface area contributed by atoms with Gasteiger partial charge in [0.1, 0.15) is 40.9 Å². The average molecular weight is 736 g/mol. The Bertz CT molecular complexity index is 2050. The normalized spacial score (nSPS) is 18.3. The van der Waals surface area contributed by atoms with Gasteiger partial charge in [0.25, 0.3) is 0 Å². The molecule has 1 saturated heterocycles. The summed E-state index contributed by atoms with van der Waals surface area (Å²) in [7, 11) is 1.59. The molecule has 4 atom stereocenters. The fourth-order valence-corrected chi connectivity index (χ4v) is 6.50. The van der Waals surface area contributed by atoms with Crippen molar-refractivity contribution in [3.05, 3.63) is 114 Å². The molecule has 14 nitrogen and oxygen atoms in total. The van der Waals surface area contributed by atoms with Crippen LogP contribution in [0.1, 0.15) is 62.4 Å². The zero-order valence-electron chi connectivity index (χ0n) is 30.1. The van der Waals surface area contributed by atoms with Gasteiger partial charge in [-0.15, -0.1) is 0 Å². The number of imidazole rings is 1. The van der Waals surface area contributed by atoms with Crippen molar-refractivity contribution in [1.82, 2.24) is 19.5 Å². The minimum absolute atomic E-state index is 0.0506. The number of nitrogens with two attached hydrogens (primary N) is 1. The Hall–Kier alpha value is -5.99. The van der Waals surface area contributed by atoms with Crippen LogP contribution in [-0.2, 0) is 43.7 Å². The molecule has 1 aliphatic heterocycles.